The van der Waals surface area contributed by atoms with Gasteiger partial charge < -0.3 is 15.4 Å². The highest BCUT2D eigenvalue weighted by Gasteiger charge is 2.12. The van der Waals surface area contributed by atoms with Crippen molar-refractivity contribution >= 4 is 39.4 Å². The van der Waals surface area contributed by atoms with Gasteiger partial charge in [0, 0.05) is 18.1 Å². The predicted molar refractivity (Wildman–Crippen MR) is 87.0 cm³/mol. The van der Waals surface area contributed by atoms with Crippen LogP contribution in [0.15, 0.2) is 22.7 Å². The molecule has 6 nitrogen and oxygen atoms in total. The Morgan fingerprint density at radius 2 is 1.95 bits per heavy atom. The smallest absolute Gasteiger partial charge is 0.328 e. The van der Waals surface area contributed by atoms with Gasteiger partial charge in [-0.25, -0.2) is 0 Å². The molecule has 0 atom stereocenters. The predicted octanol–water partition coefficient (Wildman–Crippen LogP) is 3.51. The van der Waals surface area contributed by atoms with Crippen LogP contribution in [0.4, 0.5) is 11.9 Å². The van der Waals surface area contributed by atoms with Crippen molar-refractivity contribution < 1.29 is 4.74 Å². The lowest BCUT2D eigenvalue weighted by atomic mass is 10.3. The van der Waals surface area contributed by atoms with Gasteiger partial charge >= 0.3 is 6.01 Å². The third-order valence-corrected chi connectivity index (χ3v) is 3.62. The monoisotopic (exact) mass is 371 g/mol. The first kappa shape index (κ1) is 15.8. The molecule has 0 aliphatic carbocycles. The maximum Gasteiger partial charge on any atom is 0.328 e. The van der Waals surface area contributed by atoms with Gasteiger partial charge in [-0.2, -0.15) is 15.0 Å². The van der Waals surface area contributed by atoms with Crippen molar-refractivity contribution in [3.63, 3.8) is 0 Å². The number of rotatable bonds is 5. The molecule has 1 aromatic heterocycles. The summed E-state index contributed by atoms with van der Waals surface area (Å²) < 4.78 is 6.36. The van der Waals surface area contributed by atoms with Crippen LogP contribution in [0.1, 0.15) is 13.8 Å². The quantitative estimate of drug-likeness (QED) is 0.865. The molecular weight excluding hydrogens is 358 g/mol. The first-order chi connectivity index (χ1) is 10.0. The normalized spacial score (nSPS) is 10.5. The number of hydrogen-bond acceptors (Lipinski definition) is 6. The Kier molecular flexibility index (Phi) is 5.19. The van der Waals surface area contributed by atoms with Gasteiger partial charge in [0.05, 0.1) is 4.47 Å². The van der Waals surface area contributed by atoms with E-state index in [9.17, 15) is 0 Å². The summed E-state index contributed by atoms with van der Waals surface area (Å²) in [6, 6.07) is 5.32. The molecule has 0 bridgehead atoms. The summed E-state index contributed by atoms with van der Waals surface area (Å²) in [5, 5.41) is 0.605. The van der Waals surface area contributed by atoms with Gasteiger partial charge in [-0.05, 0) is 48.0 Å². The summed E-state index contributed by atoms with van der Waals surface area (Å²) in [5.74, 6) is 1.16. The molecule has 1 aromatic carbocycles. The first-order valence-electron chi connectivity index (χ1n) is 6.42. The highest BCUT2D eigenvalue weighted by Crippen LogP contribution is 2.31. The lowest BCUT2D eigenvalue weighted by Crippen LogP contribution is -2.25. The van der Waals surface area contributed by atoms with E-state index in [2.05, 4.69) is 30.9 Å². The third kappa shape index (κ3) is 3.95. The molecule has 2 rings (SSSR count). The molecule has 0 amide bonds. The molecule has 21 heavy (non-hydrogen) atoms. The van der Waals surface area contributed by atoms with Crippen molar-refractivity contribution in [2.45, 2.75) is 13.8 Å². The molecule has 1 heterocycles. The van der Waals surface area contributed by atoms with E-state index in [1.165, 1.54) is 0 Å². The summed E-state index contributed by atoms with van der Waals surface area (Å²) >= 11 is 9.27. The van der Waals surface area contributed by atoms with Crippen LogP contribution >= 0.6 is 27.5 Å². The Bertz CT molecular complexity index is 636. The Labute approximate surface area is 136 Å². The van der Waals surface area contributed by atoms with E-state index >= 15 is 0 Å². The van der Waals surface area contributed by atoms with E-state index in [1.54, 1.807) is 18.2 Å². The van der Waals surface area contributed by atoms with Gasteiger partial charge in [-0.1, -0.05) is 11.6 Å². The van der Waals surface area contributed by atoms with Crippen LogP contribution < -0.4 is 15.4 Å². The van der Waals surface area contributed by atoms with Gasteiger partial charge in [0.1, 0.15) is 5.75 Å². The average Bonchev–Trinajstić information content (AvgIpc) is 2.43. The Balaban J connectivity index is 2.31. The summed E-state index contributed by atoms with van der Waals surface area (Å²) in [7, 11) is 0. The van der Waals surface area contributed by atoms with Crippen LogP contribution in [-0.2, 0) is 0 Å². The number of halogens is 2. The second kappa shape index (κ2) is 6.91. The number of aromatic nitrogens is 3. The lowest BCUT2D eigenvalue weighted by Gasteiger charge is -2.18. The molecule has 2 aromatic rings. The molecule has 0 spiro atoms. The second-order valence-corrected chi connectivity index (χ2v) is 5.42. The SMILES string of the molecule is CCN(CC)c1nc(N)nc(Oc2ccc(Cl)cc2Br)n1. The summed E-state index contributed by atoms with van der Waals surface area (Å²) in [5.41, 5.74) is 5.72. The first-order valence-corrected chi connectivity index (χ1v) is 7.60. The summed E-state index contributed by atoms with van der Waals surface area (Å²) in [6.45, 7) is 5.56. The van der Waals surface area contributed by atoms with Gasteiger partial charge in [-0.3, -0.25) is 0 Å². The largest absolute Gasteiger partial charge is 0.423 e. The molecule has 0 aliphatic rings. The molecule has 0 saturated heterocycles. The van der Waals surface area contributed by atoms with E-state index in [0.29, 0.717) is 21.2 Å². The van der Waals surface area contributed by atoms with Crippen LogP contribution in [0.25, 0.3) is 0 Å². The van der Waals surface area contributed by atoms with Crippen molar-refractivity contribution in [3.05, 3.63) is 27.7 Å². The number of ether oxygens (including phenoxy) is 1. The molecule has 0 unspecified atom stereocenters. The van der Waals surface area contributed by atoms with Crippen LogP contribution in [0.2, 0.25) is 5.02 Å². The van der Waals surface area contributed by atoms with E-state index in [-0.39, 0.29) is 12.0 Å². The highest BCUT2D eigenvalue weighted by atomic mass is 79.9. The van der Waals surface area contributed by atoms with Gasteiger partial charge in [0.15, 0.2) is 0 Å². The maximum atomic E-state index is 5.90. The van der Waals surface area contributed by atoms with Crippen molar-refractivity contribution in [2.75, 3.05) is 23.7 Å². The molecule has 0 radical (unpaired) electrons. The zero-order chi connectivity index (χ0) is 15.4. The second-order valence-electron chi connectivity index (χ2n) is 4.13. The van der Waals surface area contributed by atoms with E-state index in [4.69, 9.17) is 22.1 Å². The van der Waals surface area contributed by atoms with Crippen LogP contribution in [0.3, 0.4) is 0 Å². The number of benzene rings is 1. The minimum absolute atomic E-state index is 0.118. The standard InChI is InChI=1S/C13H15BrClN5O/c1-3-20(4-2)12-17-11(16)18-13(19-12)21-10-6-5-8(15)7-9(10)14/h5-7H,3-4H2,1-2H3,(H2,16,17,18,19). The molecule has 112 valence electrons. The number of anilines is 2. The van der Waals surface area contributed by atoms with Crippen LogP contribution in [-0.4, -0.2) is 28.0 Å². The average molecular weight is 373 g/mol. The third-order valence-electron chi connectivity index (χ3n) is 2.76. The zero-order valence-electron chi connectivity index (χ0n) is 11.7. The van der Waals surface area contributed by atoms with Crippen molar-refractivity contribution in [1.29, 1.82) is 0 Å². The van der Waals surface area contributed by atoms with Gasteiger partial charge in [0.25, 0.3) is 0 Å². The Morgan fingerprint density at radius 1 is 1.24 bits per heavy atom. The topological polar surface area (TPSA) is 77.2 Å². The fraction of sp³-hybridized carbons (Fsp3) is 0.308. The summed E-state index contributed by atoms with van der Waals surface area (Å²) in [6.07, 6.45) is 0. The zero-order valence-corrected chi connectivity index (χ0v) is 14.0. The number of hydrogen-bond donors (Lipinski definition) is 1. The Hall–Kier alpha value is -1.60. The molecule has 8 heteroatoms. The van der Waals surface area contributed by atoms with E-state index in [1.807, 2.05) is 18.7 Å². The van der Waals surface area contributed by atoms with Crippen molar-refractivity contribution in [1.82, 2.24) is 15.0 Å². The lowest BCUT2D eigenvalue weighted by molar-refractivity contribution is 0.438. The fourth-order valence-corrected chi connectivity index (χ4v) is 2.47. The minimum Gasteiger partial charge on any atom is -0.423 e. The number of nitrogens with two attached hydrogens (primary N) is 1. The highest BCUT2D eigenvalue weighted by molar-refractivity contribution is 9.10. The molecule has 0 saturated carbocycles. The van der Waals surface area contributed by atoms with E-state index in [0.717, 1.165) is 13.1 Å². The van der Waals surface area contributed by atoms with Gasteiger partial charge in [0.2, 0.25) is 11.9 Å². The molecule has 0 fully saturated rings. The van der Waals surface area contributed by atoms with Crippen molar-refractivity contribution in [2.24, 2.45) is 0 Å². The Morgan fingerprint density at radius 3 is 2.57 bits per heavy atom. The fourth-order valence-electron chi connectivity index (χ4n) is 1.71. The molecule has 0 aliphatic heterocycles. The van der Waals surface area contributed by atoms with Gasteiger partial charge in [-0.15, -0.1) is 0 Å². The van der Waals surface area contributed by atoms with Crippen LogP contribution in [0.5, 0.6) is 11.8 Å². The van der Waals surface area contributed by atoms with Crippen molar-refractivity contribution in [3.8, 4) is 11.8 Å². The maximum absolute atomic E-state index is 5.90. The molecule has 2 N–H and O–H groups in total. The van der Waals surface area contributed by atoms with E-state index < -0.39 is 0 Å². The minimum atomic E-state index is 0.118. The molecular formula is C13H15BrClN5O. The number of nitrogen functional groups attached to an aromatic ring is 1. The number of nitrogens with zero attached hydrogens (tertiary/aromatic N) is 4. The summed E-state index contributed by atoms with van der Waals surface area (Å²) in [4.78, 5) is 14.4. The van der Waals surface area contributed by atoms with Crippen LogP contribution in [0, 0.1) is 0 Å².